The predicted octanol–water partition coefficient (Wildman–Crippen LogP) is 0.701. The van der Waals surface area contributed by atoms with Gasteiger partial charge in [0, 0.05) is 13.1 Å². The molecule has 4 nitrogen and oxygen atoms in total. The largest absolute Gasteiger partial charge is 0.341 e. The van der Waals surface area contributed by atoms with E-state index in [1.54, 1.807) is 0 Å². The Morgan fingerprint density at radius 2 is 1.80 bits per heavy atom. The molecule has 0 bridgehead atoms. The van der Waals surface area contributed by atoms with Gasteiger partial charge in [-0.2, -0.15) is 0 Å². The summed E-state index contributed by atoms with van der Waals surface area (Å²) < 4.78 is 0. The first-order valence-electron chi connectivity index (χ1n) is 5.91. The number of amides is 1. The zero-order chi connectivity index (χ0) is 11.7. The van der Waals surface area contributed by atoms with Crippen LogP contribution in [0, 0.1) is 0 Å². The van der Waals surface area contributed by atoms with E-state index < -0.39 is 0 Å². The Morgan fingerprint density at radius 3 is 2.20 bits per heavy atom. The zero-order valence-electron chi connectivity index (χ0n) is 10.0. The van der Waals surface area contributed by atoms with Crippen molar-refractivity contribution in [3.8, 4) is 0 Å². The van der Waals surface area contributed by atoms with Gasteiger partial charge >= 0.3 is 0 Å². The van der Waals surface area contributed by atoms with E-state index in [1.165, 1.54) is 0 Å². The molecular weight excluding hydrogens is 190 g/mol. The van der Waals surface area contributed by atoms with Crippen LogP contribution in [0.1, 0.15) is 39.5 Å². The average molecular weight is 215 g/mol. The first-order valence-corrected chi connectivity index (χ1v) is 5.91. The van der Waals surface area contributed by atoms with Gasteiger partial charge in [-0.1, -0.05) is 13.8 Å². The summed E-state index contributed by atoms with van der Waals surface area (Å²) in [7, 11) is 0. The second-order valence-electron chi connectivity index (χ2n) is 3.86. The molecule has 0 fully saturated rings. The summed E-state index contributed by atoms with van der Waals surface area (Å²) in [4.78, 5) is 13.8. The van der Waals surface area contributed by atoms with Gasteiger partial charge in [-0.25, -0.2) is 0 Å². The molecule has 0 aromatic rings. The van der Waals surface area contributed by atoms with Crippen molar-refractivity contribution in [1.29, 1.82) is 0 Å². The molecule has 0 aliphatic rings. The Balaban J connectivity index is 4.08. The van der Waals surface area contributed by atoms with Crippen molar-refractivity contribution in [3.63, 3.8) is 0 Å². The summed E-state index contributed by atoms with van der Waals surface area (Å²) >= 11 is 0. The standard InChI is InChI=1S/C11H25N3O/c1-3-8-14(9-4-2)11(15)10(13)6-5-7-12/h10H,3-9,12-13H2,1-2H3/t10-/m1/s1. The van der Waals surface area contributed by atoms with Crippen LogP contribution in [0.4, 0.5) is 0 Å². The molecule has 90 valence electrons. The van der Waals surface area contributed by atoms with Gasteiger partial charge in [0.2, 0.25) is 5.91 Å². The van der Waals surface area contributed by atoms with Gasteiger partial charge in [0.1, 0.15) is 0 Å². The number of carbonyl (C=O) groups excluding carboxylic acids is 1. The van der Waals surface area contributed by atoms with Gasteiger partial charge in [0.05, 0.1) is 6.04 Å². The fourth-order valence-corrected chi connectivity index (χ4v) is 1.57. The Bertz CT molecular complexity index is 167. The molecule has 0 spiro atoms. The molecule has 0 aliphatic carbocycles. The Labute approximate surface area is 93.0 Å². The van der Waals surface area contributed by atoms with Crippen molar-refractivity contribution in [2.75, 3.05) is 19.6 Å². The van der Waals surface area contributed by atoms with Crippen molar-refractivity contribution < 1.29 is 4.79 Å². The van der Waals surface area contributed by atoms with E-state index >= 15 is 0 Å². The fraction of sp³-hybridized carbons (Fsp3) is 0.909. The zero-order valence-corrected chi connectivity index (χ0v) is 10.0. The lowest BCUT2D eigenvalue weighted by Crippen LogP contribution is -2.44. The van der Waals surface area contributed by atoms with Gasteiger partial charge in [-0.05, 0) is 32.2 Å². The van der Waals surface area contributed by atoms with E-state index in [0.717, 1.165) is 32.4 Å². The van der Waals surface area contributed by atoms with E-state index in [2.05, 4.69) is 13.8 Å². The number of carbonyl (C=O) groups is 1. The van der Waals surface area contributed by atoms with Crippen LogP contribution in [0.5, 0.6) is 0 Å². The van der Waals surface area contributed by atoms with Crippen LogP contribution in [0.2, 0.25) is 0 Å². The number of hydrogen-bond donors (Lipinski definition) is 2. The highest BCUT2D eigenvalue weighted by molar-refractivity contribution is 5.81. The molecular formula is C11H25N3O. The smallest absolute Gasteiger partial charge is 0.239 e. The van der Waals surface area contributed by atoms with Crippen molar-refractivity contribution in [3.05, 3.63) is 0 Å². The molecule has 0 aliphatic heterocycles. The summed E-state index contributed by atoms with van der Waals surface area (Å²) in [6.07, 6.45) is 3.48. The fourth-order valence-electron chi connectivity index (χ4n) is 1.57. The van der Waals surface area contributed by atoms with Gasteiger partial charge in [-0.3, -0.25) is 4.79 Å². The summed E-state index contributed by atoms with van der Waals surface area (Å²) in [6.45, 7) is 6.36. The highest BCUT2D eigenvalue weighted by Crippen LogP contribution is 2.02. The molecule has 15 heavy (non-hydrogen) atoms. The molecule has 0 unspecified atom stereocenters. The maximum Gasteiger partial charge on any atom is 0.239 e. The molecule has 0 aromatic carbocycles. The molecule has 0 aromatic heterocycles. The molecule has 0 radical (unpaired) electrons. The van der Waals surface area contributed by atoms with Gasteiger partial charge in [-0.15, -0.1) is 0 Å². The van der Waals surface area contributed by atoms with E-state index in [1.807, 2.05) is 4.90 Å². The summed E-state index contributed by atoms with van der Waals surface area (Å²) in [5.74, 6) is 0.0761. The van der Waals surface area contributed by atoms with Crippen molar-refractivity contribution in [1.82, 2.24) is 4.90 Å². The summed E-state index contributed by atoms with van der Waals surface area (Å²) in [5.41, 5.74) is 11.2. The van der Waals surface area contributed by atoms with Crippen molar-refractivity contribution in [2.45, 2.75) is 45.6 Å². The third kappa shape index (κ3) is 5.74. The van der Waals surface area contributed by atoms with Crippen molar-refractivity contribution >= 4 is 5.91 Å². The molecule has 1 amide bonds. The predicted molar refractivity (Wildman–Crippen MR) is 63.4 cm³/mol. The van der Waals surface area contributed by atoms with Gasteiger partial charge in [0.25, 0.3) is 0 Å². The van der Waals surface area contributed by atoms with Crippen LogP contribution in [0.15, 0.2) is 0 Å². The molecule has 0 saturated heterocycles. The highest BCUT2D eigenvalue weighted by atomic mass is 16.2. The first kappa shape index (κ1) is 14.4. The molecule has 4 N–H and O–H groups in total. The minimum absolute atomic E-state index is 0.0761. The summed E-state index contributed by atoms with van der Waals surface area (Å²) in [5, 5.41) is 0. The molecule has 0 heterocycles. The number of nitrogens with zero attached hydrogens (tertiary/aromatic N) is 1. The first-order chi connectivity index (χ1) is 7.17. The Hall–Kier alpha value is -0.610. The average Bonchev–Trinajstić information content (AvgIpc) is 2.24. The molecule has 0 saturated carbocycles. The second kappa shape index (κ2) is 8.68. The minimum atomic E-state index is -0.369. The van der Waals surface area contributed by atoms with E-state index in [0.29, 0.717) is 13.0 Å². The van der Waals surface area contributed by atoms with Gasteiger partial charge < -0.3 is 16.4 Å². The van der Waals surface area contributed by atoms with Crippen LogP contribution in [0.25, 0.3) is 0 Å². The van der Waals surface area contributed by atoms with Gasteiger partial charge in [0.15, 0.2) is 0 Å². The van der Waals surface area contributed by atoms with E-state index in [4.69, 9.17) is 11.5 Å². The monoisotopic (exact) mass is 215 g/mol. The van der Waals surface area contributed by atoms with Crippen LogP contribution < -0.4 is 11.5 Å². The van der Waals surface area contributed by atoms with E-state index in [-0.39, 0.29) is 11.9 Å². The van der Waals surface area contributed by atoms with Crippen molar-refractivity contribution in [2.24, 2.45) is 11.5 Å². The van der Waals surface area contributed by atoms with Crippen LogP contribution in [-0.2, 0) is 4.79 Å². The Morgan fingerprint density at radius 1 is 1.27 bits per heavy atom. The summed E-state index contributed by atoms with van der Waals surface area (Å²) in [6, 6.07) is -0.369. The third-order valence-electron chi connectivity index (χ3n) is 2.34. The number of rotatable bonds is 8. The lowest BCUT2D eigenvalue weighted by Gasteiger charge is -2.24. The second-order valence-corrected chi connectivity index (χ2v) is 3.86. The lowest BCUT2D eigenvalue weighted by atomic mass is 10.1. The normalized spacial score (nSPS) is 12.5. The minimum Gasteiger partial charge on any atom is -0.341 e. The number of hydrogen-bond acceptors (Lipinski definition) is 3. The highest BCUT2D eigenvalue weighted by Gasteiger charge is 2.18. The van der Waals surface area contributed by atoms with E-state index in [9.17, 15) is 4.79 Å². The SMILES string of the molecule is CCCN(CCC)C(=O)[C@H](N)CCCN. The van der Waals surface area contributed by atoms with Crippen LogP contribution in [-0.4, -0.2) is 36.5 Å². The topological polar surface area (TPSA) is 72.3 Å². The maximum absolute atomic E-state index is 11.9. The Kier molecular flexibility index (Phi) is 8.33. The molecule has 1 atom stereocenters. The number of nitrogens with two attached hydrogens (primary N) is 2. The maximum atomic E-state index is 11.9. The van der Waals surface area contributed by atoms with Crippen LogP contribution >= 0.6 is 0 Å². The quantitative estimate of drug-likeness (QED) is 0.626. The molecule has 4 heteroatoms. The lowest BCUT2D eigenvalue weighted by molar-refractivity contribution is -0.132. The third-order valence-corrected chi connectivity index (χ3v) is 2.34. The molecule has 0 rings (SSSR count). The van der Waals surface area contributed by atoms with Crippen LogP contribution in [0.3, 0.4) is 0 Å².